The smallest absolute Gasteiger partial charge is 0.211 e. The van der Waals surface area contributed by atoms with Gasteiger partial charge in [-0.15, -0.1) is 0 Å². The summed E-state index contributed by atoms with van der Waals surface area (Å²) in [5, 5.41) is 9.41. The maximum atomic E-state index is 12.1. The Bertz CT molecular complexity index is 1010. The van der Waals surface area contributed by atoms with Crippen LogP contribution in [0.4, 0.5) is 0 Å². The van der Waals surface area contributed by atoms with Gasteiger partial charge < -0.3 is 5.32 Å². The Kier molecular flexibility index (Phi) is 5.42. The Morgan fingerprint density at radius 2 is 2.00 bits per heavy atom. The van der Waals surface area contributed by atoms with Crippen LogP contribution in [0.2, 0.25) is 5.02 Å². The van der Waals surface area contributed by atoms with E-state index >= 15 is 0 Å². The number of rotatable bonds is 8. The maximum Gasteiger partial charge on any atom is 0.211 e. The number of nitrogens with zero attached hydrogens (tertiary/aromatic N) is 2. The van der Waals surface area contributed by atoms with Crippen LogP contribution >= 0.6 is 11.6 Å². The quantitative estimate of drug-likeness (QED) is 0.650. The molecule has 2 heterocycles. The molecule has 1 aromatic heterocycles. The highest BCUT2D eigenvalue weighted by molar-refractivity contribution is 7.89. The first-order valence-corrected chi connectivity index (χ1v) is 13.0. The largest absolute Gasteiger partial charge is 0.307 e. The van der Waals surface area contributed by atoms with Gasteiger partial charge in [0.1, 0.15) is 0 Å². The summed E-state index contributed by atoms with van der Waals surface area (Å²) in [6, 6.07) is 8.45. The third kappa shape index (κ3) is 4.05. The van der Waals surface area contributed by atoms with E-state index in [1.165, 1.54) is 17.5 Å². The van der Waals surface area contributed by atoms with Gasteiger partial charge in [0.15, 0.2) is 0 Å². The summed E-state index contributed by atoms with van der Waals surface area (Å²) in [4.78, 5) is 0. The van der Waals surface area contributed by atoms with Crippen molar-refractivity contribution in [3.8, 4) is 0 Å². The number of halogens is 1. The predicted molar refractivity (Wildman–Crippen MR) is 118 cm³/mol. The summed E-state index contributed by atoms with van der Waals surface area (Å²) < 4.78 is 28.9. The minimum atomic E-state index is -3.17. The lowest BCUT2D eigenvalue weighted by molar-refractivity contribution is 0.161. The molecule has 1 atom stereocenters. The Morgan fingerprint density at radius 1 is 1.23 bits per heavy atom. The summed E-state index contributed by atoms with van der Waals surface area (Å²) in [5.74, 6) is 0.621. The molecule has 2 fully saturated rings. The molecule has 0 amide bonds. The van der Waals surface area contributed by atoms with Crippen LogP contribution in [0, 0.1) is 5.92 Å². The third-order valence-corrected chi connectivity index (χ3v) is 8.72. The van der Waals surface area contributed by atoms with Crippen LogP contribution < -0.4 is 10.0 Å². The molecule has 5 rings (SSSR count). The van der Waals surface area contributed by atoms with Crippen molar-refractivity contribution in [2.45, 2.75) is 56.5 Å². The van der Waals surface area contributed by atoms with Gasteiger partial charge in [0.25, 0.3) is 0 Å². The van der Waals surface area contributed by atoms with Gasteiger partial charge in [-0.05, 0) is 67.8 Å². The van der Waals surface area contributed by atoms with E-state index in [0.717, 1.165) is 49.4 Å². The zero-order valence-corrected chi connectivity index (χ0v) is 18.7. The number of aromatic nitrogens is 2. The third-order valence-electron chi connectivity index (χ3n) is 6.92. The maximum absolute atomic E-state index is 12.1. The topological polar surface area (TPSA) is 76.0 Å². The molecule has 1 aromatic carbocycles. The van der Waals surface area contributed by atoms with Crippen LogP contribution in [0.1, 0.15) is 55.0 Å². The molecule has 162 valence electrons. The molecule has 0 radical (unpaired) electrons. The zero-order valence-electron chi connectivity index (χ0n) is 17.1. The highest BCUT2D eigenvalue weighted by atomic mass is 35.5. The summed E-state index contributed by atoms with van der Waals surface area (Å²) >= 11 is 6.12. The summed E-state index contributed by atoms with van der Waals surface area (Å²) in [6.45, 7) is 1.88. The van der Waals surface area contributed by atoms with Gasteiger partial charge in [-0.25, -0.2) is 13.1 Å². The van der Waals surface area contributed by atoms with E-state index in [1.807, 2.05) is 16.8 Å². The van der Waals surface area contributed by atoms with E-state index in [2.05, 4.69) is 28.4 Å². The summed E-state index contributed by atoms with van der Waals surface area (Å²) in [5.41, 5.74) is 3.78. The first-order valence-electron chi connectivity index (χ1n) is 11.0. The van der Waals surface area contributed by atoms with Gasteiger partial charge in [0.05, 0.1) is 24.0 Å². The molecular weight excluding hydrogens is 420 g/mol. The molecule has 8 heteroatoms. The van der Waals surface area contributed by atoms with Crippen LogP contribution in [0.15, 0.2) is 30.5 Å². The number of sulfonamides is 1. The highest BCUT2D eigenvalue weighted by Crippen LogP contribution is 2.53. The van der Waals surface area contributed by atoms with Crippen LogP contribution in [0.3, 0.4) is 0 Å². The van der Waals surface area contributed by atoms with E-state index in [1.54, 1.807) is 0 Å². The lowest BCUT2D eigenvalue weighted by atomic mass is 9.58. The van der Waals surface area contributed by atoms with Gasteiger partial charge in [-0.2, -0.15) is 5.10 Å². The normalized spacial score (nSPS) is 23.0. The van der Waals surface area contributed by atoms with Crippen LogP contribution in [-0.2, 0) is 28.4 Å². The average Bonchev–Trinajstić information content (AvgIpc) is 3.37. The van der Waals surface area contributed by atoms with Crippen molar-refractivity contribution in [1.82, 2.24) is 19.8 Å². The van der Waals surface area contributed by atoms with Crippen molar-refractivity contribution in [1.29, 1.82) is 0 Å². The fraction of sp³-hybridized carbons (Fsp3) is 0.591. The molecule has 6 nitrogen and oxygen atoms in total. The van der Waals surface area contributed by atoms with E-state index < -0.39 is 10.0 Å². The molecular formula is C22H29ClN4O2S. The Morgan fingerprint density at radius 3 is 2.67 bits per heavy atom. The number of benzene rings is 1. The van der Waals surface area contributed by atoms with E-state index in [9.17, 15) is 8.42 Å². The van der Waals surface area contributed by atoms with E-state index in [4.69, 9.17) is 16.7 Å². The van der Waals surface area contributed by atoms with Gasteiger partial charge >= 0.3 is 0 Å². The van der Waals surface area contributed by atoms with Crippen LogP contribution in [-0.4, -0.2) is 37.0 Å². The fourth-order valence-electron chi connectivity index (χ4n) is 4.99. The van der Waals surface area contributed by atoms with Gasteiger partial charge in [-0.3, -0.25) is 4.68 Å². The zero-order chi connectivity index (χ0) is 20.8. The summed E-state index contributed by atoms with van der Waals surface area (Å²) in [6.07, 6.45) is 8.63. The van der Waals surface area contributed by atoms with Crippen LogP contribution in [0.25, 0.3) is 0 Å². The second-order valence-corrected chi connectivity index (χ2v) is 11.4. The molecule has 0 bridgehead atoms. The number of fused-ring (bicyclic) bond motifs is 1. The molecule has 2 N–H and O–H groups in total. The lowest BCUT2D eigenvalue weighted by Gasteiger charge is -2.49. The van der Waals surface area contributed by atoms with Crippen molar-refractivity contribution < 1.29 is 8.42 Å². The highest BCUT2D eigenvalue weighted by Gasteiger charge is 2.48. The Balaban J connectivity index is 1.32. The molecule has 1 aliphatic heterocycles. The first kappa shape index (κ1) is 20.5. The monoisotopic (exact) mass is 448 g/mol. The Labute approximate surface area is 183 Å². The molecule has 2 aromatic rings. The van der Waals surface area contributed by atoms with Gasteiger partial charge in [0.2, 0.25) is 10.0 Å². The number of hydrogen-bond donors (Lipinski definition) is 2. The van der Waals surface area contributed by atoms with Gasteiger partial charge in [0, 0.05) is 23.2 Å². The van der Waals surface area contributed by atoms with Crippen molar-refractivity contribution in [2.75, 3.05) is 18.8 Å². The summed E-state index contributed by atoms with van der Waals surface area (Å²) in [7, 11) is -3.17. The molecule has 3 aliphatic rings. The van der Waals surface area contributed by atoms with Gasteiger partial charge in [-0.1, -0.05) is 30.2 Å². The first-order chi connectivity index (χ1) is 14.5. The molecule has 30 heavy (non-hydrogen) atoms. The number of nitrogens with one attached hydrogen (secondary N) is 2. The van der Waals surface area contributed by atoms with Crippen molar-refractivity contribution >= 4 is 21.6 Å². The number of hydrogen-bond acceptors (Lipinski definition) is 4. The van der Waals surface area contributed by atoms with E-state index in [-0.39, 0.29) is 17.2 Å². The second-order valence-electron chi connectivity index (χ2n) is 9.08. The molecule has 0 spiro atoms. The van der Waals surface area contributed by atoms with E-state index in [0.29, 0.717) is 19.0 Å². The average molecular weight is 449 g/mol. The second kappa shape index (κ2) is 7.93. The molecule has 2 saturated carbocycles. The molecule has 0 saturated heterocycles. The Hall–Kier alpha value is -1.41. The van der Waals surface area contributed by atoms with Crippen molar-refractivity contribution in [3.05, 3.63) is 52.3 Å². The molecule has 2 aliphatic carbocycles. The molecule has 1 unspecified atom stereocenters. The standard InChI is InChI=1S/C22H29ClN4O2S/c23-19-6-4-18(5-7-19)22(9-1-10-22)21-20-17(8-11-24-21)14-27(26-20)13-12-25-30(28,29)15-16-2-3-16/h4-7,14,16,21,24-25H,1-3,8-13,15H2. The van der Waals surface area contributed by atoms with Crippen LogP contribution in [0.5, 0.6) is 0 Å². The minimum absolute atomic E-state index is 0.0603. The predicted octanol–water partition coefficient (Wildman–Crippen LogP) is 3.17. The minimum Gasteiger partial charge on any atom is -0.307 e. The van der Waals surface area contributed by atoms with Crippen molar-refractivity contribution in [3.63, 3.8) is 0 Å². The fourth-order valence-corrected chi connectivity index (χ4v) is 6.59. The lowest BCUT2D eigenvalue weighted by Crippen LogP contribution is -2.49. The SMILES string of the molecule is O=S(=O)(CC1CC1)NCCn1cc2c(n1)C(C1(c3ccc(Cl)cc3)CCC1)NCC2. The van der Waals surface area contributed by atoms with Crippen molar-refractivity contribution in [2.24, 2.45) is 5.92 Å².